The minimum absolute atomic E-state index is 0.0384. The lowest BCUT2D eigenvalue weighted by atomic mass is 10.1. The molecule has 0 aromatic heterocycles. The molecule has 7 heteroatoms. The molecule has 0 spiro atoms. The van der Waals surface area contributed by atoms with Crippen molar-refractivity contribution >= 4 is 6.41 Å². The van der Waals surface area contributed by atoms with Gasteiger partial charge in [-0.25, -0.2) is 0 Å². The zero-order valence-corrected chi connectivity index (χ0v) is 12.2. The number of hydrogen-bond acceptors (Lipinski definition) is 3. The summed E-state index contributed by atoms with van der Waals surface area (Å²) < 4.78 is 42.7. The van der Waals surface area contributed by atoms with Gasteiger partial charge in [0.25, 0.3) is 0 Å². The van der Waals surface area contributed by atoms with Gasteiger partial charge < -0.3 is 15.4 Å². The lowest BCUT2D eigenvalue weighted by molar-refractivity contribution is -0.137. The van der Waals surface area contributed by atoms with E-state index >= 15 is 0 Å². The largest absolute Gasteiger partial charge is 0.487 e. The molecule has 1 heterocycles. The van der Waals surface area contributed by atoms with Crippen LogP contribution in [0.4, 0.5) is 13.2 Å². The average Bonchev–Trinajstić information content (AvgIpc) is 2.49. The molecule has 0 saturated carbocycles. The van der Waals surface area contributed by atoms with E-state index in [2.05, 4.69) is 17.2 Å². The van der Waals surface area contributed by atoms with Crippen LogP contribution < -0.4 is 15.4 Å². The van der Waals surface area contributed by atoms with Crippen molar-refractivity contribution in [1.82, 2.24) is 10.6 Å². The molecule has 1 amide bonds. The van der Waals surface area contributed by atoms with Crippen molar-refractivity contribution in [3.63, 3.8) is 0 Å². The Morgan fingerprint density at radius 2 is 2.23 bits per heavy atom. The van der Waals surface area contributed by atoms with Gasteiger partial charge in [0.05, 0.1) is 5.56 Å². The molecule has 2 atom stereocenters. The van der Waals surface area contributed by atoms with Crippen LogP contribution in [0.3, 0.4) is 0 Å². The van der Waals surface area contributed by atoms with Gasteiger partial charge >= 0.3 is 6.18 Å². The molecule has 0 bridgehead atoms. The van der Waals surface area contributed by atoms with Gasteiger partial charge in [0, 0.05) is 19.1 Å². The van der Waals surface area contributed by atoms with Gasteiger partial charge in [0.1, 0.15) is 11.9 Å². The summed E-state index contributed by atoms with van der Waals surface area (Å²) in [6.45, 7) is 6.55. The number of nitrogens with one attached hydrogen (secondary N) is 2. The molecule has 4 nitrogen and oxygen atoms in total. The smallest absolute Gasteiger partial charge is 0.416 e. The lowest BCUT2D eigenvalue weighted by Crippen LogP contribution is -2.58. The van der Waals surface area contributed by atoms with Gasteiger partial charge in [0.15, 0.2) is 0 Å². The Balaban J connectivity index is 0.000000346. The summed E-state index contributed by atoms with van der Waals surface area (Å²) in [5.41, 5.74) is -0.676. The number of rotatable bonds is 5. The fourth-order valence-electron chi connectivity index (χ4n) is 1.65. The quantitative estimate of drug-likeness (QED) is 0.498. The third kappa shape index (κ3) is 5.77. The predicted octanol–water partition coefficient (Wildman–Crippen LogP) is 2.36. The molecule has 0 aliphatic carbocycles. The van der Waals surface area contributed by atoms with Crippen LogP contribution in [0.25, 0.3) is 0 Å². The van der Waals surface area contributed by atoms with Crippen molar-refractivity contribution < 1.29 is 22.7 Å². The summed E-state index contributed by atoms with van der Waals surface area (Å²) in [6.07, 6.45) is -2.10. The van der Waals surface area contributed by atoms with Crippen LogP contribution in [0.5, 0.6) is 5.75 Å². The normalized spacial score (nSPS) is 20.0. The Morgan fingerprint density at radius 3 is 2.64 bits per heavy atom. The van der Waals surface area contributed by atoms with Crippen LogP contribution in [0.1, 0.15) is 12.5 Å². The number of halogens is 3. The minimum atomic E-state index is -4.32. The van der Waals surface area contributed by atoms with Crippen molar-refractivity contribution in [3.8, 4) is 5.75 Å². The van der Waals surface area contributed by atoms with Gasteiger partial charge in [-0.1, -0.05) is 12.1 Å². The van der Waals surface area contributed by atoms with Crippen molar-refractivity contribution in [2.24, 2.45) is 0 Å². The molecular weight excluding hydrogens is 297 g/mol. The Hall–Kier alpha value is -2.02. The number of amides is 1. The van der Waals surface area contributed by atoms with Gasteiger partial charge in [0.2, 0.25) is 6.41 Å². The number of ether oxygens (including phenoxy) is 1. The Kier molecular flexibility index (Phi) is 6.91. The number of hydrogen-bond donors (Lipinski definition) is 2. The SMILES string of the molecule is C=CCNC=O.CC1NCC1Oc1cccc(C(F)(F)F)c1. The fraction of sp³-hybridized carbons (Fsp3) is 0.400. The minimum Gasteiger partial charge on any atom is -0.487 e. The lowest BCUT2D eigenvalue weighted by Gasteiger charge is -2.35. The highest BCUT2D eigenvalue weighted by Crippen LogP contribution is 2.31. The van der Waals surface area contributed by atoms with Crippen LogP contribution in [0, 0.1) is 0 Å². The van der Waals surface area contributed by atoms with E-state index in [1.807, 2.05) is 6.92 Å². The fourth-order valence-corrected chi connectivity index (χ4v) is 1.65. The van der Waals surface area contributed by atoms with Crippen molar-refractivity contribution in [3.05, 3.63) is 42.5 Å². The van der Waals surface area contributed by atoms with E-state index in [0.29, 0.717) is 19.5 Å². The summed E-state index contributed by atoms with van der Waals surface area (Å²) in [4.78, 5) is 9.40. The zero-order valence-electron chi connectivity index (χ0n) is 12.2. The van der Waals surface area contributed by atoms with E-state index in [0.717, 1.165) is 12.1 Å². The van der Waals surface area contributed by atoms with Crippen LogP contribution >= 0.6 is 0 Å². The maximum Gasteiger partial charge on any atom is 0.416 e. The first kappa shape index (κ1) is 18.0. The van der Waals surface area contributed by atoms with Crippen molar-refractivity contribution in [1.29, 1.82) is 0 Å². The van der Waals surface area contributed by atoms with E-state index in [-0.39, 0.29) is 17.9 Å². The summed E-state index contributed by atoms with van der Waals surface area (Å²) in [5, 5.41) is 5.48. The topological polar surface area (TPSA) is 50.4 Å². The third-order valence-corrected chi connectivity index (χ3v) is 2.99. The zero-order chi connectivity index (χ0) is 16.6. The van der Waals surface area contributed by atoms with Gasteiger partial charge in [-0.15, -0.1) is 6.58 Å². The standard InChI is InChI=1S/C11H12F3NO.C4H7NO/c1-7-10(6-15-7)16-9-4-2-3-8(5-9)11(12,13)14;1-2-3-5-4-6/h2-5,7,10,15H,6H2,1H3;2,4H,1,3H2,(H,5,6). The molecule has 122 valence electrons. The highest BCUT2D eigenvalue weighted by Gasteiger charge is 2.32. The summed E-state index contributed by atoms with van der Waals surface area (Å²) in [6, 6.07) is 5.16. The molecule has 2 N–H and O–H groups in total. The molecule has 1 aliphatic heterocycles. The molecule has 1 aromatic carbocycles. The summed E-state index contributed by atoms with van der Waals surface area (Å²) in [5.74, 6) is 0.271. The van der Waals surface area contributed by atoms with E-state index in [9.17, 15) is 18.0 Å². The van der Waals surface area contributed by atoms with Crippen LogP contribution in [0.2, 0.25) is 0 Å². The van der Waals surface area contributed by atoms with E-state index < -0.39 is 11.7 Å². The first-order chi connectivity index (χ1) is 10.4. The van der Waals surface area contributed by atoms with E-state index in [4.69, 9.17) is 4.74 Å². The summed E-state index contributed by atoms with van der Waals surface area (Å²) in [7, 11) is 0. The van der Waals surface area contributed by atoms with Crippen LogP contribution in [0.15, 0.2) is 36.9 Å². The first-order valence-electron chi connectivity index (χ1n) is 6.73. The molecule has 0 radical (unpaired) electrons. The number of carbonyl (C=O) groups excluding carboxylic acids is 1. The van der Waals surface area contributed by atoms with E-state index in [1.165, 1.54) is 6.07 Å². The molecular formula is C15H19F3N2O2. The Morgan fingerprint density at radius 1 is 1.50 bits per heavy atom. The second-order valence-corrected chi connectivity index (χ2v) is 4.69. The third-order valence-electron chi connectivity index (χ3n) is 2.99. The second-order valence-electron chi connectivity index (χ2n) is 4.69. The predicted molar refractivity (Wildman–Crippen MR) is 77.6 cm³/mol. The van der Waals surface area contributed by atoms with Gasteiger partial charge in [-0.3, -0.25) is 4.79 Å². The van der Waals surface area contributed by atoms with Gasteiger partial charge in [-0.05, 0) is 25.1 Å². The molecule has 1 fully saturated rings. The summed E-state index contributed by atoms with van der Waals surface area (Å²) >= 11 is 0. The van der Waals surface area contributed by atoms with Crippen molar-refractivity contribution in [2.45, 2.75) is 25.2 Å². The molecule has 2 rings (SSSR count). The van der Waals surface area contributed by atoms with Crippen molar-refractivity contribution in [2.75, 3.05) is 13.1 Å². The highest BCUT2D eigenvalue weighted by atomic mass is 19.4. The molecule has 1 saturated heterocycles. The maximum atomic E-state index is 12.4. The Bertz CT molecular complexity index is 484. The monoisotopic (exact) mass is 316 g/mol. The van der Waals surface area contributed by atoms with Gasteiger partial charge in [-0.2, -0.15) is 13.2 Å². The van der Waals surface area contributed by atoms with E-state index in [1.54, 1.807) is 12.1 Å². The molecule has 22 heavy (non-hydrogen) atoms. The average molecular weight is 316 g/mol. The number of carbonyl (C=O) groups is 1. The maximum absolute atomic E-state index is 12.4. The van der Waals surface area contributed by atoms with Crippen LogP contribution in [-0.2, 0) is 11.0 Å². The Labute approximate surface area is 127 Å². The number of benzene rings is 1. The molecule has 2 unspecified atom stereocenters. The highest BCUT2D eigenvalue weighted by molar-refractivity contribution is 5.46. The molecule has 1 aliphatic rings. The first-order valence-corrected chi connectivity index (χ1v) is 6.73. The van der Waals surface area contributed by atoms with Crippen LogP contribution in [-0.4, -0.2) is 31.6 Å². The second kappa shape index (κ2) is 8.43. The number of alkyl halides is 3. The molecule has 1 aromatic rings.